The van der Waals surface area contributed by atoms with Crippen LogP contribution in [0.5, 0.6) is 0 Å². The van der Waals surface area contributed by atoms with E-state index in [-0.39, 0.29) is 5.92 Å². The van der Waals surface area contributed by atoms with Crippen LogP contribution in [-0.4, -0.2) is 32.1 Å². The van der Waals surface area contributed by atoms with E-state index >= 15 is 0 Å². The van der Waals surface area contributed by atoms with Crippen LogP contribution < -0.4 is 0 Å². The lowest BCUT2D eigenvalue weighted by Gasteiger charge is -2.16. The van der Waals surface area contributed by atoms with Gasteiger partial charge >= 0.3 is 0 Å². The van der Waals surface area contributed by atoms with Gasteiger partial charge in [-0.2, -0.15) is 0 Å². The SMILES string of the molecule is [CH2]C(Cc1ccc(-c2ccc(Cl)c(Cl)c2)cc1COCCN(C)C)c1ccco1. The van der Waals surface area contributed by atoms with E-state index in [4.69, 9.17) is 32.4 Å². The third-order valence-electron chi connectivity index (χ3n) is 4.81. The maximum Gasteiger partial charge on any atom is 0.107 e. The van der Waals surface area contributed by atoms with Crippen LogP contribution in [0.4, 0.5) is 0 Å². The standard InChI is InChI=1S/C24H26Cl2NO2/c1-17(24-5-4-11-29-24)13-18-6-7-19(20-8-9-22(25)23(26)15-20)14-21(18)16-28-12-10-27(2)3/h4-9,11,14-15,17H,1,10,12-13,16H2,2-3H3. The Bertz CT molecular complexity index is 923. The van der Waals surface area contributed by atoms with Gasteiger partial charge in [-0.05, 0) is 80.0 Å². The van der Waals surface area contributed by atoms with E-state index in [2.05, 4.69) is 30.0 Å². The monoisotopic (exact) mass is 430 g/mol. The van der Waals surface area contributed by atoms with Crippen molar-refractivity contribution in [2.45, 2.75) is 18.9 Å². The minimum atomic E-state index is 0.0429. The van der Waals surface area contributed by atoms with Crippen LogP contribution in [0.1, 0.15) is 22.8 Å². The van der Waals surface area contributed by atoms with Gasteiger partial charge in [0.1, 0.15) is 5.76 Å². The Kier molecular flexibility index (Phi) is 7.79. The van der Waals surface area contributed by atoms with Crippen molar-refractivity contribution in [2.75, 3.05) is 27.2 Å². The highest BCUT2D eigenvalue weighted by atomic mass is 35.5. The fourth-order valence-corrected chi connectivity index (χ4v) is 3.43. The summed E-state index contributed by atoms with van der Waals surface area (Å²) >= 11 is 12.3. The van der Waals surface area contributed by atoms with Gasteiger partial charge in [0.15, 0.2) is 0 Å². The van der Waals surface area contributed by atoms with Gasteiger partial charge < -0.3 is 14.1 Å². The van der Waals surface area contributed by atoms with Crippen LogP contribution in [0.25, 0.3) is 11.1 Å². The summed E-state index contributed by atoms with van der Waals surface area (Å²) in [5, 5.41) is 1.10. The summed E-state index contributed by atoms with van der Waals surface area (Å²) in [6, 6.07) is 16.0. The highest BCUT2D eigenvalue weighted by Crippen LogP contribution is 2.31. The molecule has 2 aromatic carbocycles. The van der Waals surface area contributed by atoms with Crippen molar-refractivity contribution < 1.29 is 9.15 Å². The zero-order valence-corrected chi connectivity index (χ0v) is 18.3. The van der Waals surface area contributed by atoms with Crippen molar-refractivity contribution in [2.24, 2.45) is 0 Å². The summed E-state index contributed by atoms with van der Waals surface area (Å²) in [5.74, 6) is 0.930. The van der Waals surface area contributed by atoms with Crippen molar-refractivity contribution in [1.29, 1.82) is 0 Å². The summed E-state index contributed by atoms with van der Waals surface area (Å²) in [5.41, 5.74) is 4.46. The van der Waals surface area contributed by atoms with E-state index in [1.54, 1.807) is 6.26 Å². The van der Waals surface area contributed by atoms with Gasteiger partial charge in [0.25, 0.3) is 0 Å². The van der Waals surface area contributed by atoms with Crippen molar-refractivity contribution in [3.05, 3.63) is 88.7 Å². The maximum atomic E-state index is 6.21. The lowest BCUT2D eigenvalue weighted by Crippen LogP contribution is -2.18. The first-order chi connectivity index (χ1) is 13.9. The lowest BCUT2D eigenvalue weighted by molar-refractivity contribution is 0.105. The molecule has 0 N–H and O–H groups in total. The first kappa shape index (κ1) is 21.9. The van der Waals surface area contributed by atoms with Gasteiger partial charge in [-0.25, -0.2) is 0 Å². The number of rotatable bonds is 9. The van der Waals surface area contributed by atoms with Crippen LogP contribution in [0.3, 0.4) is 0 Å². The molecular formula is C24H26Cl2NO2. The molecule has 1 aromatic heterocycles. The van der Waals surface area contributed by atoms with E-state index in [0.29, 0.717) is 23.3 Å². The summed E-state index contributed by atoms with van der Waals surface area (Å²) in [7, 11) is 4.08. The Labute approximate surface area is 183 Å². The van der Waals surface area contributed by atoms with Crippen LogP contribution in [-0.2, 0) is 17.8 Å². The molecule has 0 amide bonds. The molecular weight excluding hydrogens is 405 g/mol. The first-order valence-electron chi connectivity index (χ1n) is 9.60. The molecule has 0 saturated heterocycles. The average molecular weight is 431 g/mol. The van der Waals surface area contributed by atoms with Gasteiger partial charge in [-0.15, -0.1) is 0 Å². The van der Waals surface area contributed by atoms with Gasteiger partial charge in [0.2, 0.25) is 0 Å². The number of nitrogens with zero attached hydrogens (tertiary/aromatic N) is 1. The van der Waals surface area contributed by atoms with E-state index in [0.717, 1.165) is 35.4 Å². The molecule has 5 heteroatoms. The molecule has 29 heavy (non-hydrogen) atoms. The zero-order chi connectivity index (χ0) is 20.8. The number of hydrogen-bond acceptors (Lipinski definition) is 3. The summed E-state index contributed by atoms with van der Waals surface area (Å²) in [6.45, 7) is 6.37. The molecule has 153 valence electrons. The topological polar surface area (TPSA) is 25.6 Å². The molecule has 0 aliphatic rings. The van der Waals surface area contributed by atoms with E-state index in [1.807, 2.05) is 44.4 Å². The maximum absolute atomic E-state index is 6.21. The number of benzene rings is 2. The number of hydrogen-bond donors (Lipinski definition) is 0. The second-order valence-electron chi connectivity index (χ2n) is 7.38. The van der Waals surface area contributed by atoms with E-state index in [9.17, 15) is 0 Å². The molecule has 3 rings (SSSR count). The minimum absolute atomic E-state index is 0.0429. The smallest absolute Gasteiger partial charge is 0.107 e. The number of halogens is 2. The molecule has 0 fully saturated rings. The zero-order valence-electron chi connectivity index (χ0n) is 16.8. The Balaban J connectivity index is 1.84. The Hall–Kier alpha value is -1.78. The number of likely N-dealkylation sites (N-methyl/N-ethyl adjacent to an activating group) is 1. The molecule has 0 aliphatic heterocycles. The molecule has 0 saturated carbocycles. The summed E-state index contributed by atoms with van der Waals surface area (Å²) in [6.07, 6.45) is 2.47. The van der Waals surface area contributed by atoms with Crippen LogP contribution in [0.2, 0.25) is 10.0 Å². The predicted octanol–water partition coefficient (Wildman–Crippen LogP) is 6.49. The molecule has 0 aliphatic carbocycles. The van der Waals surface area contributed by atoms with Crippen molar-refractivity contribution in [3.8, 4) is 11.1 Å². The molecule has 0 bridgehead atoms. The predicted molar refractivity (Wildman–Crippen MR) is 121 cm³/mol. The second kappa shape index (κ2) is 10.3. The molecule has 1 atom stereocenters. The molecule has 1 radical (unpaired) electrons. The molecule has 1 unspecified atom stereocenters. The summed E-state index contributed by atoms with van der Waals surface area (Å²) in [4.78, 5) is 2.11. The van der Waals surface area contributed by atoms with E-state index < -0.39 is 0 Å². The quantitative estimate of drug-likeness (QED) is 0.362. The second-order valence-corrected chi connectivity index (χ2v) is 8.20. The highest BCUT2D eigenvalue weighted by Gasteiger charge is 2.14. The number of furan rings is 1. The number of ether oxygens (including phenoxy) is 1. The van der Waals surface area contributed by atoms with Crippen LogP contribution in [0, 0.1) is 6.92 Å². The largest absolute Gasteiger partial charge is 0.469 e. The van der Waals surface area contributed by atoms with Crippen molar-refractivity contribution in [1.82, 2.24) is 4.90 Å². The highest BCUT2D eigenvalue weighted by molar-refractivity contribution is 6.42. The van der Waals surface area contributed by atoms with Crippen LogP contribution in [0.15, 0.2) is 59.2 Å². The fourth-order valence-electron chi connectivity index (χ4n) is 3.13. The van der Waals surface area contributed by atoms with Gasteiger partial charge in [-0.1, -0.05) is 41.4 Å². The summed E-state index contributed by atoms with van der Waals surface area (Å²) < 4.78 is 11.5. The van der Waals surface area contributed by atoms with Crippen molar-refractivity contribution in [3.63, 3.8) is 0 Å². The Morgan fingerprint density at radius 3 is 2.45 bits per heavy atom. The van der Waals surface area contributed by atoms with Gasteiger partial charge in [-0.3, -0.25) is 0 Å². The van der Waals surface area contributed by atoms with Crippen LogP contribution >= 0.6 is 23.2 Å². The first-order valence-corrected chi connectivity index (χ1v) is 10.4. The Morgan fingerprint density at radius 2 is 1.76 bits per heavy atom. The minimum Gasteiger partial charge on any atom is -0.469 e. The Morgan fingerprint density at radius 1 is 1.00 bits per heavy atom. The normalized spacial score (nSPS) is 12.5. The van der Waals surface area contributed by atoms with Crippen molar-refractivity contribution >= 4 is 23.2 Å². The molecule has 1 heterocycles. The fraction of sp³-hybridized carbons (Fsp3) is 0.292. The molecule has 3 nitrogen and oxygen atoms in total. The average Bonchev–Trinajstić information content (AvgIpc) is 3.23. The third kappa shape index (κ3) is 6.10. The third-order valence-corrected chi connectivity index (χ3v) is 5.55. The van der Waals surface area contributed by atoms with Gasteiger partial charge in [0, 0.05) is 12.5 Å². The molecule has 0 spiro atoms. The lowest BCUT2D eigenvalue weighted by atomic mass is 9.92. The molecule has 3 aromatic rings. The van der Waals surface area contributed by atoms with E-state index in [1.165, 1.54) is 5.56 Å². The van der Waals surface area contributed by atoms with Gasteiger partial charge in [0.05, 0.1) is 29.5 Å².